The van der Waals surface area contributed by atoms with E-state index in [0.717, 1.165) is 59.4 Å². The van der Waals surface area contributed by atoms with Crippen molar-refractivity contribution in [2.75, 3.05) is 24.5 Å². The van der Waals surface area contributed by atoms with Crippen LogP contribution in [0.4, 0.5) is 5.82 Å². The molecule has 6 rings (SSSR count). The third kappa shape index (κ3) is 3.83. The standard InChI is InChI=1S/C27H28N8O/c1-17-14-33(16-20(17)12-28)26-18(2)15-35-25(31-26)11-23(32-35)24-5-3-4-10-34(24)27(36)22-7-6-19-13-29-9-8-21(19)30-22/h6-9,11,13,15,17,20,24H,3-5,10,14,16H2,1-2H3/t17-,20+,24-/m0/s1. The zero-order valence-electron chi connectivity index (χ0n) is 20.5. The van der Waals surface area contributed by atoms with E-state index in [4.69, 9.17) is 10.1 Å². The fourth-order valence-electron chi connectivity index (χ4n) is 5.52. The van der Waals surface area contributed by atoms with Crippen molar-refractivity contribution in [2.45, 2.75) is 39.2 Å². The van der Waals surface area contributed by atoms with Gasteiger partial charge < -0.3 is 9.80 Å². The number of pyridine rings is 2. The molecule has 0 N–H and O–H groups in total. The molecule has 36 heavy (non-hydrogen) atoms. The van der Waals surface area contributed by atoms with Gasteiger partial charge in [0.2, 0.25) is 0 Å². The summed E-state index contributed by atoms with van der Waals surface area (Å²) in [6.45, 7) is 6.34. The molecule has 0 aliphatic carbocycles. The van der Waals surface area contributed by atoms with E-state index in [-0.39, 0.29) is 17.9 Å². The Bertz CT molecular complexity index is 1500. The Hall–Kier alpha value is -4.06. The van der Waals surface area contributed by atoms with Crippen molar-refractivity contribution in [3.05, 3.63) is 59.8 Å². The van der Waals surface area contributed by atoms with Crippen LogP contribution in [0.2, 0.25) is 0 Å². The summed E-state index contributed by atoms with van der Waals surface area (Å²) in [5, 5.41) is 15.2. The summed E-state index contributed by atoms with van der Waals surface area (Å²) >= 11 is 0. The molecule has 0 aromatic carbocycles. The van der Waals surface area contributed by atoms with Crippen molar-refractivity contribution in [2.24, 2.45) is 11.8 Å². The first kappa shape index (κ1) is 22.4. The molecule has 3 atom stereocenters. The van der Waals surface area contributed by atoms with E-state index in [1.807, 2.05) is 40.7 Å². The predicted octanol–water partition coefficient (Wildman–Crippen LogP) is 3.94. The van der Waals surface area contributed by atoms with Gasteiger partial charge in [0.25, 0.3) is 5.91 Å². The molecular formula is C27H28N8O. The zero-order chi connectivity index (χ0) is 24.8. The maximum atomic E-state index is 13.6. The molecule has 0 unspecified atom stereocenters. The van der Waals surface area contributed by atoms with Gasteiger partial charge in [-0.1, -0.05) is 6.92 Å². The first-order valence-electron chi connectivity index (χ1n) is 12.5. The van der Waals surface area contributed by atoms with Crippen molar-refractivity contribution >= 4 is 28.3 Å². The van der Waals surface area contributed by atoms with Crippen LogP contribution in [0.1, 0.15) is 54.0 Å². The number of rotatable bonds is 3. The van der Waals surface area contributed by atoms with E-state index >= 15 is 0 Å². The predicted molar refractivity (Wildman–Crippen MR) is 135 cm³/mol. The zero-order valence-corrected chi connectivity index (χ0v) is 20.5. The van der Waals surface area contributed by atoms with Gasteiger partial charge in [0.15, 0.2) is 5.65 Å². The fraction of sp³-hybridized carbons (Fsp3) is 0.407. The van der Waals surface area contributed by atoms with Crippen LogP contribution in [0.5, 0.6) is 0 Å². The highest BCUT2D eigenvalue weighted by Crippen LogP contribution is 2.33. The minimum atomic E-state index is -0.124. The van der Waals surface area contributed by atoms with E-state index in [9.17, 15) is 10.1 Å². The number of carbonyl (C=O) groups excluding carboxylic acids is 1. The van der Waals surface area contributed by atoms with Crippen LogP contribution >= 0.6 is 0 Å². The lowest BCUT2D eigenvalue weighted by Gasteiger charge is -2.34. The van der Waals surface area contributed by atoms with E-state index < -0.39 is 0 Å². The molecule has 9 nitrogen and oxygen atoms in total. The highest BCUT2D eigenvalue weighted by atomic mass is 16.2. The molecule has 2 fully saturated rings. The van der Waals surface area contributed by atoms with Gasteiger partial charge >= 0.3 is 0 Å². The first-order chi connectivity index (χ1) is 17.5. The summed E-state index contributed by atoms with van der Waals surface area (Å²) < 4.78 is 1.81. The quantitative estimate of drug-likeness (QED) is 0.437. The number of hydrogen-bond acceptors (Lipinski definition) is 7. The third-order valence-corrected chi connectivity index (χ3v) is 7.52. The number of aryl methyl sites for hydroxylation is 1. The SMILES string of the molecule is Cc1cn2nc([C@@H]3CCCCN3C(=O)c3ccc4cnccc4n3)cc2nc1N1C[C@@H](C#N)[C@@H](C)C1. The van der Waals surface area contributed by atoms with E-state index in [2.05, 4.69) is 27.9 Å². The lowest BCUT2D eigenvalue weighted by Crippen LogP contribution is -2.39. The minimum Gasteiger partial charge on any atom is -0.355 e. The number of likely N-dealkylation sites (tertiary alicyclic amines) is 1. The maximum Gasteiger partial charge on any atom is 0.273 e. The Labute approximate surface area is 209 Å². The number of carbonyl (C=O) groups is 1. The maximum absolute atomic E-state index is 13.6. The molecular weight excluding hydrogens is 452 g/mol. The Morgan fingerprint density at radius 3 is 2.89 bits per heavy atom. The molecule has 182 valence electrons. The number of nitriles is 1. The topological polar surface area (TPSA) is 103 Å². The molecule has 0 bridgehead atoms. The molecule has 6 heterocycles. The van der Waals surface area contributed by atoms with Crippen molar-refractivity contribution in [1.29, 1.82) is 5.26 Å². The monoisotopic (exact) mass is 480 g/mol. The van der Waals surface area contributed by atoms with Crippen LogP contribution < -0.4 is 4.90 Å². The van der Waals surface area contributed by atoms with Gasteiger partial charge in [0.1, 0.15) is 11.5 Å². The van der Waals surface area contributed by atoms with Crippen molar-refractivity contribution in [3.63, 3.8) is 0 Å². The van der Waals surface area contributed by atoms with Gasteiger partial charge in [-0.05, 0) is 50.3 Å². The molecule has 4 aromatic rings. The van der Waals surface area contributed by atoms with Gasteiger partial charge in [0, 0.05) is 55.2 Å². The molecule has 2 saturated heterocycles. The molecule has 2 aliphatic heterocycles. The number of aromatic nitrogens is 5. The van der Waals surface area contributed by atoms with Gasteiger partial charge in [-0.2, -0.15) is 10.4 Å². The summed E-state index contributed by atoms with van der Waals surface area (Å²) in [6, 6.07) is 9.81. The fourth-order valence-corrected chi connectivity index (χ4v) is 5.52. The number of nitrogens with zero attached hydrogens (tertiary/aromatic N) is 8. The van der Waals surface area contributed by atoms with Crippen molar-refractivity contribution in [3.8, 4) is 6.07 Å². The van der Waals surface area contributed by atoms with E-state index in [1.54, 1.807) is 18.5 Å². The summed E-state index contributed by atoms with van der Waals surface area (Å²) in [4.78, 5) is 31.4. The summed E-state index contributed by atoms with van der Waals surface area (Å²) in [5.74, 6) is 1.17. The number of amides is 1. The molecule has 0 saturated carbocycles. The second-order valence-corrected chi connectivity index (χ2v) is 10.0. The molecule has 9 heteroatoms. The Morgan fingerprint density at radius 2 is 2.06 bits per heavy atom. The van der Waals surface area contributed by atoms with Crippen LogP contribution in [-0.2, 0) is 0 Å². The number of anilines is 1. The van der Waals surface area contributed by atoms with Gasteiger partial charge in [-0.25, -0.2) is 14.5 Å². The lowest BCUT2D eigenvalue weighted by molar-refractivity contribution is 0.0600. The molecule has 0 spiro atoms. The lowest BCUT2D eigenvalue weighted by atomic mass is 9.99. The normalized spacial score (nSPS) is 22.3. The smallest absolute Gasteiger partial charge is 0.273 e. The van der Waals surface area contributed by atoms with Crippen molar-refractivity contribution in [1.82, 2.24) is 29.5 Å². The van der Waals surface area contributed by atoms with Crippen LogP contribution in [0.3, 0.4) is 0 Å². The average molecular weight is 481 g/mol. The minimum absolute atomic E-state index is 0.0182. The van der Waals surface area contributed by atoms with Crippen LogP contribution in [0.25, 0.3) is 16.6 Å². The largest absolute Gasteiger partial charge is 0.355 e. The first-order valence-corrected chi connectivity index (χ1v) is 12.5. The van der Waals surface area contributed by atoms with Gasteiger partial charge in [0.05, 0.1) is 29.2 Å². The number of piperidine rings is 1. The Morgan fingerprint density at radius 1 is 1.17 bits per heavy atom. The van der Waals surface area contributed by atoms with Crippen LogP contribution in [0, 0.1) is 30.1 Å². The molecule has 4 aromatic heterocycles. The van der Waals surface area contributed by atoms with E-state index in [1.165, 1.54) is 0 Å². The number of hydrogen-bond donors (Lipinski definition) is 0. The Balaban J connectivity index is 1.31. The van der Waals surface area contributed by atoms with Gasteiger partial charge in [-0.3, -0.25) is 9.78 Å². The summed E-state index contributed by atoms with van der Waals surface area (Å²) in [6.07, 6.45) is 8.30. The second-order valence-electron chi connectivity index (χ2n) is 10.0. The highest BCUT2D eigenvalue weighted by Gasteiger charge is 2.33. The summed E-state index contributed by atoms with van der Waals surface area (Å²) in [7, 11) is 0. The highest BCUT2D eigenvalue weighted by molar-refractivity contribution is 5.95. The average Bonchev–Trinajstić information content (AvgIpc) is 3.49. The molecule has 2 aliphatic rings. The van der Waals surface area contributed by atoms with Crippen molar-refractivity contribution < 1.29 is 4.79 Å². The third-order valence-electron chi connectivity index (χ3n) is 7.52. The molecule has 1 amide bonds. The van der Waals surface area contributed by atoms with Crippen LogP contribution in [-0.4, -0.2) is 55.0 Å². The van der Waals surface area contributed by atoms with E-state index in [0.29, 0.717) is 24.7 Å². The Kier molecular flexibility index (Phi) is 5.52. The number of fused-ring (bicyclic) bond motifs is 2. The summed E-state index contributed by atoms with van der Waals surface area (Å²) in [5.41, 5.74) is 3.83. The van der Waals surface area contributed by atoms with Crippen LogP contribution in [0.15, 0.2) is 42.9 Å². The van der Waals surface area contributed by atoms with Gasteiger partial charge in [-0.15, -0.1) is 0 Å². The second kappa shape index (κ2) is 8.86. The molecule has 0 radical (unpaired) electrons.